The molecule has 0 aliphatic carbocycles. The number of nitrogens with zero attached hydrogens (tertiary/aromatic N) is 3. The SMILES string of the molecule is O=C(COCC1CCCCN1S(=O)(=O)c1ccc(Cl)c(Cl)c1)N1CCC(O)(c2cccnc2)CC1. The number of amides is 1. The largest absolute Gasteiger partial charge is 0.385 e. The van der Waals surface area contributed by atoms with Gasteiger partial charge in [-0.3, -0.25) is 9.78 Å². The highest BCUT2D eigenvalue weighted by molar-refractivity contribution is 7.89. The number of hydrogen-bond acceptors (Lipinski definition) is 6. The molecule has 2 aliphatic heterocycles. The number of carbonyl (C=O) groups excluding carboxylic acids is 1. The Morgan fingerprint density at radius 3 is 2.60 bits per heavy atom. The van der Waals surface area contributed by atoms with Gasteiger partial charge >= 0.3 is 0 Å². The third-order valence-corrected chi connectivity index (χ3v) is 9.44. The van der Waals surface area contributed by atoms with Crippen molar-refractivity contribution in [2.24, 2.45) is 0 Å². The van der Waals surface area contributed by atoms with E-state index in [-0.39, 0.29) is 35.1 Å². The summed E-state index contributed by atoms with van der Waals surface area (Å²) in [6.45, 7) is 1.19. The van der Waals surface area contributed by atoms with Gasteiger partial charge in [0.2, 0.25) is 15.9 Å². The highest BCUT2D eigenvalue weighted by atomic mass is 35.5. The molecule has 0 spiro atoms. The molecule has 2 saturated heterocycles. The molecular weight excluding hydrogens is 513 g/mol. The molecule has 3 heterocycles. The van der Waals surface area contributed by atoms with Gasteiger partial charge < -0.3 is 14.7 Å². The number of aliphatic hydroxyl groups is 1. The number of carbonyl (C=O) groups is 1. The number of rotatable bonds is 7. The van der Waals surface area contributed by atoms with E-state index in [0.29, 0.717) is 43.9 Å². The van der Waals surface area contributed by atoms with Crippen molar-refractivity contribution in [2.75, 3.05) is 32.8 Å². The number of aromatic nitrogens is 1. The Hall–Kier alpha value is -1.75. The molecule has 1 unspecified atom stereocenters. The average Bonchev–Trinajstić information content (AvgIpc) is 2.87. The number of halogens is 2. The fourth-order valence-electron chi connectivity index (χ4n) is 4.66. The second-order valence-electron chi connectivity index (χ2n) is 9.01. The summed E-state index contributed by atoms with van der Waals surface area (Å²) < 4.78 is 33.6. The number of piperidine rings is 2. The van der Waals surface area contributed by atoms with Crippen molar-refractivity contribution in [3.05, 3.63) is 58.3 Å². The molecule has 2 fully saturated rings. The summed E-state index contributed by atoms with van der Waals surface area (Å²) in [6, 6.07) is 7.54. The first-order chi connectivity index (χ1) is 16.7. The third kappa shape index (κ3) is 5.98. The van der Waals surface area contributed by atoms with Crippen molar-refractivity contribution in [1.29, 1.82) is 0 Å². The van der Waals surface area contributed by atoms with E-state index >= 15 is 0 Å². The Morgan fingerprint density at radius 1 is 1.14 bits per heavy atom. The van der Waals surface area contributed by atoms with Gasteiger partial charge in [0.25, 0.3) is 0 Å². The molecule has 2 aromatic rings. The predicted molar refractivity (Wildman–Crippen MR) is 133 cm³/mol. The minimum absolute atomic E-state index is 0.0873. The molecule has 1 aromatic heterocycles. The smallest absolute Gasteiger partial charge is 0.248 e. The van der Waals surface area contributed by atoms with Crippen LogP contribution in [0.25, 0.3) is 0 Å². The zero-order valence-electron chi connectivity index (χ0n) is 19.3. The van der Waals surface area contributed by atoms with Gasteiger partial charge in [0, 0.05) is 43.6 Å². The quantitative estimate of drug-likeness (QED) is 0.576. The van der Waals surface area contributed by atoms with Crippen LogP contribution in [0, 0.1) is 0 Å². The van der Waals surface area contributed by atoms with E-state index in [4.69, 9.17) is 27.9 Å². The van der Waals surface area contributed by atoms with Crippen LogP contribution in [-0.4, -0.2) is 72.5 Å². The van der Waals surface area contributed by atoms with Gasteiger partial charge in [-0.2, -0.15) is 4.31 Å². The molecule has 1 N–H and O–H groups in total. The molecule has 190 valence electrons. The molecular formula is C24H29Cl2N3O5S. The first kappa shape index (κ1) is 26.3. The predicted octanol–water partition coefficient (Wildman–Crippen LogP) is 3.46. The van der Waals surface area contributed by atoms with Crippen LogP contribution >= 0.6 is 23.2 Å². The lowest BCUT2D eigenvalue weighted by molar-refractivity contribution is -0.141. The minimum Gasteiger partial charge on any atom is -0.385 e. The van der Waals surface area contributed by atoms with Crippen LogP contribution < -0.4 is 0 Å². The zero-order chi connectivity index (χ0) is 25.1. The highest BCUT2D eigenvalue weighted by Gasteiger charge is 2.36. The summed E-state index contributed by atoms with van der Waals surface area (Å²) in [5.41, 5.74) is -0.239. The Balaban J connectivity index is 1.31. The van der Waals surface area contributed by atoms with Crippen LogP contribution in [0.4, 0.5) is 0 Å². The molecule has 0 radical (unpaired) electrons. The molecule has 35 heavy (non-hydrogen) atoms. The first-order valence-electron chi connectivity index (χ1n) is 11.7. The van der Waals surface area contributed by atoms with Crippen LogP contribution in [0.5, 0.6) is 0 Å². The Kier molecular flexibility index (Phi) is 8.35. The Morgan fingerprint density at radius 2 is 1.91 bits per heavy atom. The van der Waals surface area contributed by atoms with Crippen molar-refractivity contribution in [3.8, 4) is 0 Å². The van der Waals surface area contributed by atoms with Gasteiger partial charge in [0.1, 0.15) is 6.61 Å². The molecule has 8 nitrogen and oxygen atoms in total. The number of ether oxygens (including phenoxy) is 1. The second-order valence-corrected chi connectivity index (χ2v) is 11.7. The van der Waals surface area contributed by atoms with Crippen LogP contribution in [0.1, 0.15) is 37.7 Å². The van der Waals surface area contributed by atoms with E-state index < -0.39 is 15.6 Å². The van der Waals surface area contributed by atoms with Gasteiger partial charge in [0.05, 0.1) is 27.1 Å². The van der Waals surface area contributed by atoms with Crippen LogP contribution in [-0.2, 0) is 25.2 Å². The van der Waals surface area contributed by atoms with Crippen molar-refractivity contribution in [3.63, 3.8) is 0 Å². The lowest BCUT2D eigenvalue weighted by Gasteiger charge is -2.38. The van der Waals surface area contributed by atoms with Crippen molar-refractivity contribution < 1.29 is 23.1 Å². The summed E-state index contributed by atoms with van der Waals surface area (Å²) in [5, 5.41) is 11.4. The van der Waals surface area contributed by atoms with E-state index in [0.717, 1.165) is 18.4 Å². The maximum Gasteiger partial charge on any atom is 0.248 e. The van der Waals surface area contributed by atoms with Crippen molar-refractivity contribution >= 4 is 39.1 Å². The standard InChI is InChI=1S/C24H29Cl2N3O5S/c25-21-7-6-20(14-22(21)26)35(32,33)29-11-2-1-5-19(29)16-34-17-23(30)28-12-8-24(31,9-13-28)18-4-3-10-27-15-18/h3-4,6-7,10,14-15,19,31H,1-2,5,8-9,11-13,16-17H2. The summed E-state index contributed by atoms with van der Waals surface area (Å²) >= 11 is 12.0. The summed E-state index contributed by atoms with van der Waals surface area (Å²) in [7, 11) is -3.78. The Labute approximate surface area is 215 Å². The van der Waals surface area contributed by atoms with Gasteiger partial charge in [0.15, 0.2) is 0 Å². The van der Waals surface area contributed by atoms with Gasteiger partial charge in [-0.15, -0.1) is 0 Å². The number of likely N-dealkylation sites (tertiary alicyclic amines) is 1. The fraction of sp³-hybridized carbons (Fsp3) is 0.500. The maximum absolute atomic E-state index is 13.2. The maximum atomic E-state index is 13.2. The second kappa shape index (κ2) is 11.1. The van der Waals surface area contributed by atoms with Crippen molar-refractivity contribution in [1.82, 2.24) is 14.2 Å². The topological polar surface area (TPSA) is 100 Å². The lowest BCUT2D eigenvalue weighted by atomic mass is 9.85. The average molecular weight is 542 g/mol. The highest BCUT2D eigenvalue weighted by Crippen LogP contribution is 2.33. The lowest BCUT2D eigenvalue weighted by Crippen LogP contribution is -2.48. The van der Waals surface area contributed by atoms with Gasteiger partial charge in [-0.05, 0) is 49.9 Å². The number of hydrogen-bond donors (Lipinski definition) is 1. The Bertz CT molecular complexity index is 1140. The van der Waals surface area contributed by atoms with E-state index in [2.05, 4.69) is 4.98 Å². The molecule has 0 saturated carbocycles. The van der Waals surface area contributed by atoms with E-state index in [9.17, 15) is 18.3 Å². The van der Waals surface area contributed by atoms with Gasteiger partial charge in [-0.1, -0.05) is 35.7 Å². The van der Waals surface area contributed by atoms with Crippen LogP contribution in [0.15, 0.2) is 47.6 Å². The number of benzene rings is 1. The van der Waals surface area contributed by atoms with E-state index in [1.807, 2.05) is 6.07 Å². The molecule has 1 aromatic carbocycles. The third-order valence-electron chi connectivity index (χ3n) is 6.75. The van der Waals surface area contributed by atoms with Crippen LogP contribution in [0.2, 0.25) is 10.0 Å². The van der Waals surface area contributed by atoms with Crippen molar-refractivity contribution in [2.45, 2.75) is 48.6 Å². The molecule has 2 aliphatic rings. The summed E-state index contributed by atoms with van der Waals surface area (Å²) in [5.74, 6) is -0.173. The molecule has 11 heteroatoms. The fourth-order valence-corrected chi connectivity index (χ4v) is 6.72. The molecule has 1 amide bonds. The first-order valence-corrected chi connectivity index (χ1v) is 13.9. The normalized spacial score (nSPS) is 21.1. The molecule has 4 rings (SSSR count). The monoisotopic (exact) mass is 541 g/mol. The number of sulfonamides is 1. The summed E-state index contributed by atoms with van der Waals surface area (Å²) in [4.78, 5) is 18.5. The number of pyridine rings is 1. The van der Waals surface area contributed by atoms with Gasteiger partial charge in [-0.25, -0.2) is 8.42 Å². The minimum atomic E-state index is -3.78. The van der Waals surface area contributed by atoms with E-state index in [1.165, 1.54) is 22.5 Å². The van der Waals surface area contributed by atoms with Crippen LogP contribution in [0.3, 0.4) is 0 Å². The molecule has 1 atom stereocenters. The molecule has 0 bridgehead atoms. The zero-order valence-corrected chi connectivity index (χ0v) is 21.6. The summed E-state index contributed by atoms with van der Waals surface area (Å²) in [6.07, 6.45) is 6.44. The van der Waals surface area contributed by atoms with E-state index in [1.54, 1.807) is 23.4 Å².